The van der Waals surface area contributed by atoms with Crippen LogP contribution < -0.4 is 9.47 Å². The molecule has 2 N–H and O–H groups in total. The number of fused-ring (bicyclic) bond motifs is 6. The van der Waals surface area contributed by atoms with Crippen LogP contribution in [-0.4, -0.2) is 33.7 Å². The molecule has 2 aromatic carbocycles. The molecule has 37 heavy (non-hydrogen) atoms. The number of alkyl halides is 4. The van der Waals surface area contributed by atoms with Gasteiger partial charge in [-0.3, -0.25) is 4.74 Å². The fourth-order valence-corrected chi connectivity index (χ4v) is 6.05. The zero-order chi connectivity index (χ0) is 26.4. The van der Waals surface area contributed by atoms with E-state index in [1.165, 1.54) is 0 Å². The highest BCUT2D eigenvalue weighted by molar-refractivity contribution is 6.18. The van der Waals surface area contributed by atoms with Crippen LogP contribution in [0.2, 0.25) is 0 Å². The molecule has 5 nitrogen and oxygen atoms in total. The van der Waals surface area contributed by atoms with Crippen molar-refractivity contribution in [2.45, 2.75) is 63.3 Å². The van der Waals surface area contributed by atoms with Gasteiger partial charge in [-0.15, -0.1) is 46.4 Å². The molecule has 2 aliphatic rings. The van der Waals surface area contributed by atoms with Gasteiger partial charge in [0.25, 0.3) is 0 Å². The number of aliphatic hydroxyl groups is 2. The molecular weight excluding hydrogens is 558 g/mol. The molecule has 0 saturated carbocycles. The zero-order valence-electron chi connectivity index (χ0n) is 20.6. The summed E-state index contributed by atoms with van der Waals surface area (Å²) in [6.45, 7) is 0. The third kappa shape index (κ3) is 6.81. The van der Waals surface area contributed by atoms with Gasteiger partial charge in [-0.05, 0) is 85.8 Å². The summed E-state index contributed by atoms with van der Waals surface area (Å²) < 4.78 is 18.5. The second kappa shape index (κ2) is 13.9. The molecule has 0 fully saturated rings. The molecule has 0 aliphatic carbocycles. The highest BCUT2D eigenvalue weighted by atomic mass is 35.5. The van der Waals surface area contributed by atoms with Crippen molar-refractivity contribution in [3.63, 3.8) is 0 Å². The first-order chi connectivity index (χ1) is 18.0. The smallest absolute Gasteiger partial charge is 0.233 e. The van der Waals surface area contributed by atoms with Gasteiger partial charge < -0.3 is 19.7 Å². The number of hydrogen-bond donors (Lipinski definition) is 2. The van der Waals surface area contributed by atoms with Crippen LogP contribution in [0, 0.1) is 11.8 Å². The lowest BCUT2D eigenvalue weighted by Crippen LogP contribution is -2.30. The SMILES string of the molecule is OC(c1ccc2c(c1)C1Oc3ccc(C(O)C(CCCl)CCCCl)cc3C(O2)O1)C(CCCl)CCCCl. The van der Waals surface area contributed by atoms with Crippen molar-refractivity contribution in [3.05, 3.63) is 58.7 Å². The summed E-state index contributed by atoms with van der Waals surface area (Å²) in [5, 5.41) is 22.2. The Morgan fingerprint density at radius 2 is 1.05 bits per heavy atom. The number of hydrogen-bond acceptors (Lipinski definition) is 5. The van der Waals surface area contributed by atoms with Crippen LogP contribution in [0.15, 0.2) is 36.4 Å². The van der Waals surface area contributed by atoms with Gasteiger partial charge in [-0.2, -0.15) is 0 Å². The van der Waals surface area contributed by atoms with Gasteiger partial charge in [0.05, 0.1) is 23.3 Å². The molecular formula is C28H34Cl4O5. The Hall–Kier alpha value is -0.920. The highest BCUT2D eigenvalue weighted by Gasteiger charge is 2.39. The summed E-state index contributed by atoms with van der Waals surface area (Å²) in [6, 6.07) is 11.2. The standard InChI is InChI=1S/C28H34Cl4O5/c29-11-1-3-17(9-13-31)25(33)19-5-7-23-21(15-19)27-36-24-8-6-20(16-22(24)28(35-23)37-27)26(34)18(10-14-32)4-2-12-30/h5-8,15-18,25-28,33-34H,1-4,9-14H2. The molecule has 0 radical (unpaired) electrons. The van der Waals surface area contributed by atoms with Crippen LogP contribution in [-0.2, 0) is 4.74 Å². The van der Waals surface area contributed by atoms with Crippen molar-refractivity contribution < 1.29 is 24.4 Å². The maximum absolute atomic E-state index is 11.1. The van der Waals surface area contributed by atoms with E-state index >= 15 is 0 Å². The molecule has 0 saturated heterocycles. The van der Waals surface area contributed by atoms with E-state index in [2.05, 4.69) is 0 Å². The van der Waals surface area contributed by atoms with E-state index in [0.29, 0.717) is 47.9 Å². The van der Waals surface area contributed by atoms with E-state index in [0.717, 1.165) is 47.9 Å². The second-order valence-electron chi connectivity index (χ2n) is 9.66. The molecule has 2 aromatic rings. The van der Waals surface area contributed by atoms with Crippen molar-refractivity contribution in [1.29, 1.82) is 0 Å². The maximum atomic E-state index is 11.1. The quantitative estimate of drug-likeness (QED) is 0.220. The average Bonchev–Trinajstić information content (AvgIpc) is 2.92. The predicted octanol–water partition coefficient (Wildman–Crippen LogP) is 7.78. The fraction of sp³-hybridized carbons (Fsp3) is 0.571. The third-order valence-corrected chi connectivity index (χ3v) is 8.21. The van der Waals surface area contributed by atoms with Crippen molar-refractivity contribution in [1.82, 2.24) is 0 Å². The summed E-state index contributed by atoms with van der Waals surface area (Å²) in [5.74, 6) is 3.36. The Morgan fingerprint density at radius 1 is 0.622 bits per heavy atom. The number of benzene rings is 2. The summed E-state index contributed by atoms with van der Waals surface area (Å²) in [7, 11) is 0. The van der Waals surface area contributed by atoms with Gasteiger partial charge in [-0.1, -0.05) is 12.1 Å². The topological polar surface area (TPSA) is 68.2 Å². The molecule has 0 aromatic heterocycles. The lowest BCUT2D eigenvalue weighted by molar-refractivity contribution is -0.227. The number of rotatable bonds is 14. The van der Waals surface area contributed by atoms with Gasteiger partial charge in [0.2, 0.25) is 12.6 Å². The predicted molar refractivity (Wildman–Crippen MR) is 148 cm³/mol. The molecule has 204 valence electrons. The Labute approximate surface area is 238 Å². The average molecular weight is 592 g/mol. The molecule has 6 atom stereocenters. The van der Waals surface area contributed by atoms with Crippen molar-refractivity contribution in [3.8, 4) is 11.5 Å². The molecule has 2 heterocycles. The van der Waals surface area contributed by atoms with E-state index in [-0.39, 0.29) is 11.8 Å². The van der Waals surface area contributed by atoms with Gasteiger partial charge in [0.15, 0.2) is 0 Å². The van der Waals surface area contributed by atoms with E-state index in [4.69, 9.17) is 60.6 Å². The van der Waals surface area contributed by atoms with E-state index in [1.807, 2.05) is 36.4 Å². The molecule has 0 amide bonds. The molecule has 2 bridgehead atoms. The Kier molecular flexibility index (Phi) is 10.9. The van der Waals surface area contributed by atoms with Crippen LogP contribution in [0.5, 0.6) is 11.5 Å². The van der Waals surface area contributed by atoms with Crippen molar-refractivity contribution in [2.24, 2.45) is 11.8 Å². The fourth-order valence-electron chi connectivity index (χ4n) is 5.18. The number of halogens is 4. The van der Waals surface area contributed by atoms with Gasteiger partial charge in [0, 0.05) is 23.5 Å². The molecule has 2 aliphatic heterocycles. The first-order valence-corrected chi connectivity index (χ1v) is 15.0. The van der Waals surface area contributed by atoms with Crippen molar-refractivity contribution in [2.75, 3.05) is 23.5 Å². The van der Waals surface area contributed by atoms with Crippen LogP contribution in [0.3, 0.4) is 0 Å². The lowest BCUT2D eigenvalue weighted by Gasteiger charge is -2.38. The highest BCUT2D eigenvalue weighted by Crippen LogP contribution is 2.49. The van der Waals surface area contributed by atoms with Gasteiger partial charge in [-0.25, -0.2) is 0 Å². The lowest BCUT2D eigenvalue weighted by atomic mass is 9.88. The largest absolute Gasteiger partial charge is 0.460 e. The summed E-state index contributed by atoms with van der Waals surface area (Å²) in [4.78, 5) is 0. The van der Waals surface area contributed by atoms with Gasteiger partial charge >= 0.3 is 0 Å². The van der Waals surface area contributed by atoms with E-state index in [9.17, 15) is 10.2 Å². The van der Waals surface area contributed by atoms with Crippen LogP contribution >= 0.6 is 46.4 Å². The van der Waals surface area contributed by atoms with Crippen LogP contribution in [0.25, 0.3) is 0 Å². The minimum Gasteiger partial charge on any atom is -0.460 e. The Bertz CT molecular complexity index is 943. The monoisotopic (exact) mass is 590 g/mol. The summed E-state index contributed by atoms with van der Waals surface area (Å²) >= 11 is 23.7. The summed E-state index contributed by atoms with van der Waals surface area (Å²) in [5.41, 5.74) is 2.99. The van der Waals surface area contributed by atoms with Crippen molar-refractivity contribution >= 4 is 46.4 Å². The second-order valence-corrected chi connectivity index (χ2v) is 11.2. The molecule has 4 rings (SSSR count). The van der Waals surface area contributed by atoms with Gasteiger partial charge in [0.1, 0.15) is 11.5 Å². The first kappa shape index (κ1) is 29.1. The number of aliphatic hydroxyl groups excluding tert-OH is 2. The summed E-state index contributed by atoms with van der Waals surface area (Å²) in [6.07, 6.45) is 1.95. The molecule has 6 unspecified atom stereocenters. The normalized spacial score (nSPS) is 21.1. The molecule has 0 spiro atoms. The maximum Gasteiger partial charge on any atom is 0.233 e. The van der Waals surface area contributed by atoms with Crippen LogP contribution in [0.4, 0.5) is 0 Å². The Balaban J connectivity index is 1.54. The van der Waals surface area contributed by atoms with E-state index in [1.54, 1.807) is 0 Å². The minimum atomic E-state index is -0.676. The third-order valence-electron chi connectivity index (χ3n) is 7.24. The minimum absolute atomic E-state index is 0.0115. The Morgan fingerprint density at radius 3 is 1.43 bits per heavy atom. The molecule has 9 heteroatoms. The van der Waals surface area contributed by atoms with E-state index < -0.39 is 24.8 Å². The zero-order valence-corrected chi connectivity index (χ0v) is 23.7. The number of ether oxygens (including phenoxy) is 3. The van der Waals surface area contributed by atoms with Crippen LogP contribution in [0.1, 0.15) is 85.6 Å². The first-order valence-electron chi connectivity index (χ1n) is 12.9.